The van der Waals surface area contributed by atoms with Crippen molar-refractivity contribution in [1.82, 2.24) is 14.8 Å². The molecule has 108 valence electrons. The molecule has 2 heterocycles. The van der Waals surface area contributed by atoms with Crippen molar-refractivity contribution in [2.75, 3.05) is 12.4 Å². The van der Waals surface area contributed by atoms with Crippen molar-refractivity contribution in [2.45, 2.75) is 11.6 Å². The average Bonchev–Trinajstić information content (AvgIpc) is 3.17. The van der Waals surface area contributed by atoms with E-state index in [0.717, 1.165) is 33.7 Å². The van der Waals surface area contributed by atoms with E-state index in [-0.39, 0.29) is 6.61 Å². The number of rotatable bonds is 6. The first-order valence-electron chi connectivity index (χ1n) is 6.68. The van der Waals surface area contributed by atoms with Gasteiger partial charge in [0.05, 0.1) is 4.88 Å². The average molecular weight is 317 g/mol. The molecule has 4 nitrogen and oxygen atoms in total. The minimum absolute atomic E-state index is 0.199. The van der Waals surface area contributed by atoms with Crippen molar-refractivity contribution >= 4 is 23.1 Å². The molecular formula is C15H15N3OS2. The van der Waals surface area contributed by atoms with Gasteiger partial charge in [-0.1, -0.05) is 36.0 Å². The smallest absolute Gasteiger partial charge is 0.196 e. The summed E-state index contributed by atoms with van der Waals surface area (Å²) in [6, 6.07) is 14.2. The van der Waals surface area contributed by atoms with Crippen LogP contribution in [0.5, 0.6) is 0 Å². The Morgan fingerprint density at radius 3 is 2.67 bits per heavy atom. The van der Waals surface area contributed by atoms with Crippen molar-refractivity contribution in [1.29, 1.82) is 0 Å². The largest absolute Gasteiger partial charge is 0.396 e. The van der Waals surface area contributed by atoms with Gasteiger partial charge in [0.15, 0.2) is 11.0 Å². The number of hydrogen-bond acceptors (Lipinski definition) is 5. The molecule has 6 heteroatoms. The molecule has 2 aromatic heterocycles. The van der Waals surface area contributed by atoms with Crippen molar-refractivity contribution in [3.8, 4) is 16.4 Å². The van der Waals surface area contributed by atoms with Gasteiger partial charge in [0.1, 0.15) is 0 Å². The van der Waals surface area contributed by atoms with Gasteiger partial charge >= 0.3 is 0 Å². The molecule has 0 aliphatic carbocycles. The third kappa shape index (κ3) is 3.18. The van der Waals surface area contributed by atoms with E-state index in [2.05, 4.69) is 33.0 Å². The van der Waals surface area contributed by atoms with E-state index in [1.54, 1.807) is 23.1 Å². The van der Waals surface area contributed by atoms with Crippen LogP contribution in [0.1, 0.15) is 6.42 Å². The third-order valence-electron chi connectivity index (χ3n) is 2.92. The molecule has 0 bridgehead atoms. The first-order chi connectivity index (χ1) is 10.4. The molecular weight excluding hydrogens is 302 g/mol. The van der Waals surface area contributed by atoms with Crippen LogP contribution in [0.4, 0.5) is 0 Å². The van der Waals surface area contributed by atoms with Gasteiger partial charge in [-0.3, -0.25) is 4.57 Å². The molecule has 0 radical (unpaired) electrons. The molecule has 3 aromatic rings. The monoisotopic (exact) mass is 317 g/mol. The lowest BCUT2D eigenvalue weighted by atomic mass is 10.3. The second-order valence-corrected chi connectivity index (χ2v) is 6.39. The van der Waals surface area contributed by atoms with Crippen LogP contribution in [0, 0.1) is 0 Å². The minimum atomic E-state index is 0.199. The number of aromatic nitrogens is 3. The Balaban J connectivity index is 2.02. The number of benzene rings is 1. The number of aliphatic hydroxyl groups excluding tert-OH is 1. The summed E-state index contributed by atoms with van der Waals surface area (Å²) in [6.45, 7) is 0.199. The predicted molar refractivity (Wildman–Crippen MR) is 87.1 cm³/mol. The molecule has 0 fully saturated rings. The van der Waals surface area contributed by atoms with E-state index < -0.39 is 0 Å². The van der Waals surface area contributed by atoms with Crippen LogP contribution < -0.4 is 0 Å². The van der Waals surface area contributed by atoms with Gasteiger partial charge in [0.2, 0.25) is 0 Å². The van der Waals surface area contributed by atoms with E-state index in [0.29, 0.717) is 0 Å². The fourth-order valence-corrected chi connectivity index (χ4v) is 3.54. The topological polar surface area (TPSA) is 50.9 Å². The lowest BCUT2D eigenvalue weighted by Gasteiger charge is -2.09. The van der Waals surface area contributed by atoms with Crippen LogP contribution >= 0.6 is 23.1 Å². The zero-order valence-electron chi connectivity index (χ0n) is 11.3. The maximum atomic E-state index is 8.93. The maximum absolute atomic E-state index is 8.93. The highest BCUT2D eigenvalue weighted by Crippen LogP contribution is 2.30. The van der Waals surface area contributed by atoms with Gasteiger partial charge in [-0.2, -0.15) is 0 Å². The molecule has 0 aliphatic heterocycles. The summed E-state index contributed by atoms with van der Waals surface area (Å²) >= 11 is 3.27. The molecule has 21 heavy (non-hydrogen) atoms. The van der Waals surface area contributed by atoms with Gasteiger partial charge in [0, 0.05) is 18.0 Å². The third-order valence-corrected chi connectivity index (χ3v) is 4.80. The lowest BCUT2D eigenvalue weighted by molar-refractivity contribution is 0.296. The molecule has 3 rings (SSSR count). The molecule has 0 aliphatic rings. The molecule has 0 saturated carbocycles. The molecule has 0 amide bonds. The van der Waals surface area contributed by atoms with Gasteiger partial charge in [-0.05, 0) is 30.0 Å². The normalized spacial score (nSPS) is 10.9. The molecule has 1 N–H and O–H groups in total. The highest BCUT2D eigenvalue weighted by molar-refractivity contribution is 7.99. The Hall–Kier alpha value is -1.63. The molecule has 0 spiro atoms. The van der Waals surface area contributed by atoms with Gasteiger partial charge in [-0.25, -0.2) is 0 Å². The summed E-state index contributed by atoms with van der Waals surface area (Å²) in [5, 5.41) is 20.5. The summed E-state index contributed by atoms with van der Waals surface area (Å²) in [5.74, 6) is 1.69. The number of para-hydroxylation sites is 1. The van der Waals surface area contributed by atoms with Crippen molar-refractivity contribution in [2.24, 2.45) is 0 Å². The molecule has 1 aromatic carbocycles. The number of aliphatic hydroxyl groups is 1. The minimum Gasteiger partial charge on any atom is -0.396 e. The van der Waals surface area contributed by atoms with Crippen LogP contribution in [-0.2, 0) is 0 Å². The van der Waals surface area contributed by atoms with Crippen LogP contribution in [0.15, 0.2) is 53.0 Å². The molecule has 0 atom stereocenters. The van der Waals surface area contributed by atoms with E-state index >= 15 is 0 Å². The Bertz CT molecular complexity index is 680. The van der Waals surface area contributed by atoms with E-state index in [4.69, 9.17) is 5.11 Å². The van der Waals surface area contributed by atoms with Crippen molar-refractivity contribution in [3.63, 3.8) is 0 Å². The Morgan fingerprint density at radius 1 is 1.10 bits per heavy atom. The van der Waals surface area contributed by atoms with Crippen molar-refractivity contribution in [3.05, 3.63) is 47.8 Å². The summed E-state index contributed by atoms with van der Waals surface area (Å²) in [5.41, 5.74) is 1.05. The van der Waals surface area contributed by atoms with Crippen LogP contribution in [0.25, 0.3) is 16.4 Å². The fourth-order valence-electron chi connectivity index (χ4n) is 1.97. The van der Waals surface area contributed by atoms with Gasteiger partial charge in [-0.15, -0.1) is 21.5 Å². The van der Waals surface area contributed by atoms with E-state index in [1.165, 1.54) is 0 Å². The Labute approximate surface area is 131 Å². The number of thiophene rings is 1. The maximum Gasteiger partial charge on any atom is 0.196 e. The summed E-state index contributed by atoms with van der Waals surface area (Å²) in [4.78, 5) is 1.10. The molecule has 0 unspecified atom stereocenters. The second kappa shape index (κ2) is 6.89. The summed E-state index contributed by atoms with van der Waals surface area (Å²) < 4.78 is 2.08. The first-order valence-corrected chi connectivity index (χ1v) is 8.55. The quantitative estimate of drug-likeness (QED) is 0.559. The number of nitrogens with zero attached hydrogens (tertiary/aromatic N) is 3. The zero-order chi connectivity index (χ0) is 14.5. The molecule has 0 saturated heterocycles. The van der Waals surface area contributed by atoms with Crippen LogP contribution in [0.2, 0.25) is 0 Å². The SMILES string of the molecule is OCCCSc1nnc(-c2cccs2)n1-c1ccccc1. The predicted octanol–water partition coefficient (Wildman–Crippen LogP) is 3.47. The van der Waals surface area contributed by atoms with Crippen LogP contribution in [0.3, 0.4) is 0 Å². The number of hydrogen-bond donors (Lipinski definition) is 1. The lowest BCUT2D eigenvalue weighted by Crippen LogP contribution is -1.99. The summed E-state index contributed by atoms with van der Waals surface area (Å²) in [6.07, 6.45) is 0.751. The standard InChI is InChI=1S/C15H15N3OS2/c19-9-5-11-21-15-17-16-14(13-8-4-10-20-13)18(15)12-6-2-1-3-7-12/h1-4,6-8,10,19H,5,9,11H2. The summed E-state index contributed by atoms with van der Waals surface area (Å²) in [7, 11) is 0. The second-order valence-electron chi connectivity index (χ2n) is 4.38. The van der Waals surface area contributed by atoms with Gasteiger partial charge in [0.25, 0.3) is 0 Å². The Kier molecular flexibility index (Phi) is 4.69. The Morgan fingerprint density at radius 2 is 1.95 bits per heavy atom. The number of thioether (sulfide) groups is 1. The highest BCUT2D eigenvalue weighted by atomic mass is 32.2. The first kappa shape index (κ1) is 14.3. The van der Waals surface area contributed by atoms with E-state index in [1.807, 2.05) is 29.6 Å². The van der Waals surface area contributed by atoms with Gasteiger partial charge < -0.3 is 5.11 Å². The fraction of sp³-hybridized carbons (Fsp3) is 0.200. The highest BCUT2D eigenvalue weighted by Gasteiger charge is 2.16. The van der Waals surface area contributed by atoms with Crippen LogP contribution in [-0.4, -0.2) is 32.2 Å². The van der Waals surface area contributed by atoms with E-state index in [9.17, 15) is 0 Å². The van der Waals surface area contributed by atoms with Crippen molar-refractivity contribution < 1.29 is 5.11 Å². The zero-order valence-corrected chi connectivity index (χ0v) is 13.0.